The average Bonchev–Trinajstić information content (AvgIpc) is 2.17. The van der Waals surface area contributed by atoms with Crippen LogP contribution < -0.4 is 0 Å². The Labute approximate surface area is 89.7 Å². The number of halogens is 1. The lowest BCUT2D eigenvalue weighted by Gasteiger charge is -2.15. The SMILES string of the molecule is CCC(=O)CN(C)Cc1cccc(F)c1. The zero-order chi connectivity index (χ0) is 11.3. The summed E-state index contributed by atoms with van der Waals surface area (Å²) in [5.41, 5.74) is 0.890. The quantitative estimate of drug-likeness (QED) is 0.741. The van der Waals surface area contributed by atoms with Crippen LogP contribution in [0.3, 0.4) is 0 Å². The van der Waals surface area contributed by atoms with Crippen molar-refractivity contribution in [3.63, 3.8) is 0 Å². The summed E-state index contributed by atoms with van der Waals surface area (Å²) in [7, 11) is 1.86. The van der Waals surface area contributed by atoms with E-state index < -0.39 is 0 Å². The number of carbonyl (C=O) groups excluding carboxylic acids is 1. The van der Waals surface area contributed by atoms with Gasteiger partial charge in [0, 0.05) is 13.0 Å². The highest BCUT2D eigenvalue weighted by atomic mass is 19.1. The van der Waals surface area contributed by atoms with E-state index in [1.165, 1.54) is 12.1 Å². The van der Waals surface area contributed by atoms with Crippen LogP contribution in [-0.4, -0.2) is 24.3 Å². The number of Topliss-reactive ketones (excluding diaryl/α,β-unsaturated/α-hetero) is 1. The predicted molar refractivity (Wildman–Crippen MR) is 58.0 cm³/mol. The number of benzene rings is 1. The van der Waals surface area contributed by atoms with E-state index in [1.54, 1.807) is 6.07 Å². The van der Waals surface area contributed by atoms with E-state index in [4.69, 9.17) is 0 Å². The minimum atomic E-state index is -0.234. The molecule has 0 radical (unpaired) electrons. The van der Waals surface area contributed by atoms with Gasteiger partial charge in [0.05, 0.1) is 6.54 Å². The van der Waals surface area contributed by atoms with Gasteiger partial charge in [0.1, 0.15) is 11.6 Å². The summed E-state index contributed by atoms with van der Waals surface area (Å²) in [5, 5.41) is 0. The van der Waals surface area contributed by atoms with Gasteiger partial charge in [0.2, 0.25) is 0 Å². The lowest BCUT2D eigenvalue weighted by Crippen LogP contribution is -2.25. The predicted octanol–water partition coefficient (Wildman–Crippen LogP) is 2.24. The molecule has 15 heavy (non-hydrogen) atoms. The summed E-state index contributed by atoms with van der Waals surface area (Å²) in [5.74, 6) is -0.0309. The summed E-state index contributed by atoms with van der Waals surface area (Å²) in [6.45, 7) is 2.87. The van der Waals surface area contributed by atoms with Crippen molar-refractivity contribution >= 4 is 5.78 Å². The van der Waals surface area contributed by atoms with Crippen molar-refractivity contribution in [1.29, 1.82) is 0 Å². The number of nitrogens with zero attached hydrogens (tertiary/aromatic N) is 1. The van der Waals surface area contributed by atoms with Crippen molar-refractivity contribution in [1.82, 2.24) is 4.90 Å². The lowest BCUT2D eigenvalue weighted by molar-refractivity contribution is -0.119. The fraction of sp³-hybridized carbons (Fsp3) is 0.417. The van der Waals surface area contributed by atoms with Gasteiger partial charge in [-0.25, -0.2) is 4.39 Å². The van der Waals surface area contributed by atoms with Crippen molar-refractivity contribution in [2.75, 3.05) is 13.6 Å². The molecule has 2 nitrogen and oxygen atoms in total. The Balaban J connectivity index is 2.51. The maximum Gasteiger partial charge on any atom is 0.146 e. The molecule has 0 heterocycles. The molecule has 0 fully saturated rings. The van der Waals surface area contributed by atoms with E-state index in [-0.39, 0.29) is 11.6 Å². The highest BCUT2D eigenvalue weighted by Crippen LogP contribution is 2.06. The van der Waals surface area contributed by atoms with Crippen LogP contribution in [0.15, 0.2) is 24.3 Å². The zero-order valence-corrected chi connectivity index (χ0v) is 9.16. The Morgan fingerprint density at radius 1 is 1.47 bits per heavy atom. The Morgan fingerprint density at radius 3 is 2.80 bits per heavy atom. The van der Waals surface area contributed by atoms with Crippen LogP contribution in [0.25, 0.3) is 0 Å². The zero-order valence-electron chi connectivity index (χ0n) is 9.16. The van der Waals surface area contributed by atoms with E-state index >= 15 is 0 Å². The van der Waals surface area contributed by atoms with Crippen LogP contribution >= 0.6 is 0 Å². The molecule has 0 unspecified atom stereocenters. The molecule has 1 aromatic rings. The van der Waals surface area contributed by atoms with Crippen molar-refractivity contribution in [3.05, 3.63) is 35.6 Å². The van der Waals surface area contributed by atoms with Crippen LogP contribution in [0.4, 0.5) is 4.39 Å². The highest BCUT2D eigenvalue weighted by molar-refractivity contribution is 5.80. The fourth-order valence-electron chi connectivity index (χ4n) is 1.42. The largest absolute Gasteiger partial charge is 0.298 e. The molecule has 1 rings (SSSR count). The third kappa shape index (κ3) is 4.21. The second kappa shape index (κ2) is 5.61. The van der Waals surface area contributed by atoms with Crippen LogP contribution in [0.1, 0.15) is 18.9 Å². The second-order valence-corrected chi connectivity index (χ2v) is 3.69. The van der Waals surface area contributed by atoms with Crippen molar-refractivity contribution in [2.24, 2.45) is 0 Å². The number of likely N-dealkylation sites (N-methyl/N-ethyl adjacent to an activating group) is 1. The number of hydrogen-bond acceptors (Lipinski definition) is 2. The van der Waals surface area contributed by atoms with E-state index in [0.717, 1.165) is 5.56 Å². The molecule has 0 aromatic heterocycles. The van der Waals surface area contributed by atoms with Crippen LogP contribution in [-0.2, 0) is 11.3 Å². The van der Waals surface area contributed by atoms with Crippen molar-refractivity contribution in [2.45, 2.75) is 19.9 Å². The molecular formula is C12H16FNO. The molecule has 0 saturated heterocycles. The van der Waals surface area contributed by atoms with Crippen molar-refractivity contribution in [3.8, 4) is 0 Å². The van der Waals surface area contributed by atoms with Crippen LogP contribution in [0, 0.1) is 5.82 Å². The van der Waals surface area contributed by atoms with Gasteiger partial charge < -0.3 is 0 Å². The van der Waals surface area contributed by atoms with Gasteiger partial charge in [0.15, 0.2) is 0 Å². The molecule has 0 bridgehead atoms. The van der Waals surface area contributed by atoms with Gasteiger partial charge in [-0.15, -0.1) is 0 Å². The number of hydrogen-bond donors (Lipinski definition) is 0. The standard InChI is InChI=1S/C12H16FNO/c1-3-12(15)9-14(2)8-10-5-4-6-11(13)7-10/h4-7H,3,8-9H2,1-2H3. The fourth-order valence-corrected chi connectivity index (χ4v) is 1.42. The van der Waals surface area contributed by atoms with Crippen LogP contribution in [0.5, 0.6) is 0 Å². The van der Waals surface area contributed by atoms with E-state index in [0.29, 0.717) is 19.5 Å². The van der Waals surface area contributed by atoms with Gasteiger partial charge in [-0.3, -0.25) is 9.69 Å². The molecule has 0 atom stereocenters. The van der Waals surface area contributed by atoms with Gasteiger partial charge in [-0.1, -0.05) is 19.1 Å². The van der Waals surface area contributed by atoms with Crippen LogP contribution in [0.2, 0.25) is 0 Å². The first kappa shape index (κ1) is 11.9. The van der Waals surface area contributed by atoms with E-state index in [2.05, 4.69) is 0 Å². The molecule has 0 N–H and O–H groups in total. The minimum Gasteiger partial charge on any atom is -0.298 e. The Kier molecular flexibility index (Phi) is 4.43. The van der Waals surface area contributed by atoms with Gasteiger partial charge in [-0.05, 0) is 24.7 Å². The van der Waals surface area contributed by atoms with Gasteiger partial charge >= 0.3 is 0 Å². The molecule has 0 aliphatic carbocycles. The Bertz CT molecular complexity index is 338. The van der Waals surface area contributed by atoms with Gasteiger partial charge in [0.25, 0.3) is 0 Å². The third-order valence-corrected chi connectivity index (χ3v) is 2.18. The molecule has 0 aliphatic rings. The molecule has 0 saturated carbocycles. The molecule has 3 heteroatoms. The summed E-state index contributed by atoms with van der Waals surface area (Å²) >= 11 is 0. The minimum absolute atomic E-state index is 0.203. The number of carbonyl (C=O) groups is 1. The first-order valence-electron chi connectivity index (χ1n) is 5.06. The normalized spacial score (nSPS) is 10.7. The Hall–Kier alpha value is -1.22. The number of rotatable bonds is 5. The van der Waals surface area contributed by atoms with E-state index in [9.17, 15) is 9.18 Å². The molecule has 82 valence electrons. The highest BCUT2D eigenvalue weighted by Gasteiger charge is 2.05. The summed E-state index contributed by atoms with van der Waals surface area (Å²) < 4.78 is 12.9. The summed E-state index contributed by atoms with van der Waals surface area (Å²) in [4.78, 5) is 13.1. The van der Waals surface area contributed by atoms with Crippen molar-refractivity contribution < 1.29 is 9.18 Å². The smallest absolute Gasteiger partial charge is 0.146 e. The summed E-state index contributed by atoms with van der Waals surface area (Å²) in [6.07, 6.45) is 0.549. The molecule has 0 aliphatic heterocycles. The molecule has 0 amide bonds. The second-order valence-electron chi connectivity index (χ2n) is 3.69. The average molecular weight is 209 g/mol. The molecule has 0 spiro atoms. The first-order chi connectivity index (χ1) is 7.11. The Morgan fingerprint density at radius 2 is 2.20 bits per heavy atom. The number of ketones is 1. The maximum absolute atomic E-state index is 12.9. The monoisotopic (exact) mass is 209 g/mol. The maximum atomic E-state index is 12.9. The van der Waals surface area contributed by atoms with E-state index in [1.807, 2.05) is 24.9 Å². The lowest BCUT2D eigenvalue weighted by atomic mass is 10.2. The van der Waals surface area contributed by atoms with Gasteiger partial charge in [-0.2, -0.15) is 0 Å². The topological polar surface area (TPSA) is 20.3 Å². The summed E-state index contributed by atoms with van der Waals surface area (Å²) in [6, 6.07) is 6.45. The molecule has 1 aromatic carbocycles. The first-order valence-corrected chi connectivity index (χ1v) is 5.06. The third-order valence-electron chi connectivity index (χ3n) is 2.18. The molecular weight excluding hydrogens is 193 g/mol.